The molecule has 1 aliphatic heterocycles. The predicted molar refractivity (Wildman–Crippen MR) is 114 cm³/mol. The van der Waals surface area contributed by atoms with Crippen molar-refractivity contribution < 1.29 is 21.6 Å². The SMILES string of the molecule is NC1=NC(Nc2cc(Cl)c(-c3ccc(S(=O)(=O)CC4CC4)cc3)c(C(F)(F)F)c2)=NC1. The summed E-state index contributed by atoms with van der Waals surface area (Å²) in [6, 6.07) is 7.56. The van der Waals surface area contributed by atoms with Crippen molar-refractivity contribution in [1.29, 1.82) is 0 Å². The van der Waals surface area contributed by atoms with Crippen molar-refractivity contribution in [3.05, 3.63) is 47.0 Å². The summed E-state index contributed by atoms with van der Waals surface area (Å²) in [5.41, 5.74) is 4.55. The van der Waals surface area contributed by atoms with E-state index in [1.807, 2.05) is 0 Å². The van der Waals surface area contributed by atoms with Crippen LogP contribution < -0.4 is 11.1 Å². The first-order chi connectivity index (χ1) is 14.5. The second-order valence-electron chi connectivity index (χ2n) is 7.50. The zero-order valence-corrected chi connectivity index (χ0v) is 17.7. The molecule has 1 aliphatic carbocycles. The highest BCUT2D eigenvalue weighted by Gasteiger charge is 2.36. The number of nitrogens with one attached hydrogen (secondary N) is 1. The van der Waals surface area contributed by atoms with Gasteiger partial charge in [-0.25, -0.2) is 13.4 Å². The van der Waals surface area contributed by atoms with E-state index in [4.69, 9.17) is 17.3 Å². The van der Waals surface area contributed by atoms with Crippen LogP contribution >= 0.6 is 11.6 Å². The van der Waals surface area contributed by atoms with Crippen molar-refractivity contribution in [3.8, 4) is 11.1 Å². The Morgan fingerprint density at radius 1 is 1.16 bits per heavy atom. The molecule has 0 saturated heterocycles. The van der Waals surface area contributed by atoms with Crippen molar-refractivity contribution in [3.63, 3.8) is 0 Å². The van der Waals surface area contributed by atoms with E-state index in [0.717, 1.165) is 18.9 Å². The van der Waals surface area contributed by atoms with Crippen molar-refractivity contribution in [1.82, 2.24) is 0 Å². The van der Waals surface area contributed by atoms with Crippen LogP contribution in [0.3, 0.4) is 0 Å². The number of hydrogen-bond donors (Lipinski definition) is 2. The van der Waals surface area contributed by atoms with Gasteiger partial charge >= 0.3 is 6.18 Å². The van der Waals surface area contributed by atoms with Crippen LogP contribution in [0, 0.1) is 5.92 Å². The Morgan fingerprint density at radius 2 is 1.84 bits per heavy atom. The van der Waals surface area contributed by atoms with E-state index in [-0.39, 0.29) is 56.7 Å². The van der Waals surface area contributed by atoms with Crippen LogP contribution in [0.25, 0.3) is 11.1 Å². The zero-order valence-electron chi connectivity index (χ0n) is 16.1. The third-order valence-corrected chi connectivity index (χ3v) is 7.14. The van der Waals surface area contributed by atoms with Crippen LogP contribution in [-0.4, -0.2) is 32.5 Å². The number of rotatable bonds is 5. The molecule has 2 aromatic carbocycles. The number of sulfone groups is 1. The Balaban J connectivity index is 1.70. The van der Waals surface area contributed by atoms with Crippen LogP contribution in [0.5, 0.6) is 0 Å². The number of hydrogen-bond acceptors (Lipinski definition) is 6. The van der Waals surface area contributed by atoms with Gasteiger partial charge in [-0.1, -0.05) is 23.7 Å². The summed E-state index contributed by atoms with van der Waals surface area (Å²) in [6.07, 6.45) is -2.94. The lowest BCUT2D eigenvalue weighted by molar-refractivity contribution is -0.137. The van der Waals surface area contributed by atoms with Crippen molar-refractivity contribution >= 4 is 38.9 Å². The van der Waals surface area contributed by atoms with Gasteiger partial charge in [0.1, 0.15) is 12.4 Å². The van der Waals surface area contributed by atoms with E-state index in [9.17, 15) is 21.6 Å². The molecule has 164 valence electrons. The van der Waals surface area contributed by atoms with Crippen molar-refractivity contribution in [2.75, 3.05) is 17.6 Å². The summed E-state index contributed by atoms with van der Waals surface area (Å²) in [4.78, 5) is 7.95. The van der Waals surface area contributed by atoms with Gasteiger partial charge in [-0.3, -0.25) is 0 Å². The number of nitrogens with two attached hydrogens (primary N) is 1. The number of amidine groups is 1. The Kier molecular flexibility index (Phi) is 5.47. The first-order valence-electron chi connectivity index (χ1n) is 9.41. The Labute approximate surface area is 182 Å². The molecular formula is C20H18ClF3N4O2S. The second kappa shape index (κ2) is 7.83. The zero-order chi connectivity index (χ0) is 22.4. The Hall–Kier alpha value is -2.59. The van der Waals surface area contributed by atoms with E-state index in [0.29, 0.717) is 0 Å². The standard InChI is InChI=1S/C20H18ClF3N4O2S/c21-16-8-13(27-19-26-9-17(25)28-19)7-15(20(22,23)24)18(16)12-3-5-14(6-4-12)31(29,30)10-11-1-2-11/h3-8,11H,1-2,9-10H2,(H3,25,26,27,28). The van der Waals surface area contributed by atoms with Gasteiger partial charge in [0.2, 0.25) is 5.96 Å². The minimum absolute atomic E-state index is 0.0537. The molecular weight excluding hydrogens is 453 g/mol. The maximum absolute atomic E-state index is 13.8. The normalized spacial score (nSPS) is 16.8. The van der Waals surface area contributed by atoms with Crippen LogP contribution in [0.4, 0.5) is 18.9 Å². The first-order valence-corrected chi connectivity index (χ1v) is 11.4. The number of guanidine groups is 1. The number of nitrogens with zero attached hydrogens (tertiary/aromatic N) is 2. The van der Waals surface area contributed by atoms with Gasteiger partial charge in [-0.05, 0) is 48.6 Å². The van der Waals surface area contributed by atoms with Crippen LogP contribution in [-0.2, 0) is 16.0 Å². The largest absolute Gasteiger partial charge is 0.417 e. The van der Waals surface area contributed by atoms with Gasteiger partial charge in [0.05, 0.1) is 21.2 Å². The van der Waals surface area contributed by atoms with E-state index >= 15 is 0 Å². The first kappa shape index (κ1) is 21.6. The number of anilines is 1. The summed E-state index contributed by atoms with van der Waals surface area (Å²) in [7, 11) is -3.47. The molecule has 0 spiro atoms. The molecule has 0 unspecified atom stereocenters. The second-order valence-corrected chi connectivity index (χ2v) is 9.94. The van der Waals surface area contributed by atoms with Gasteiger partial charge in [0.25, 0.3) is 0 Å². The van der Waals surface area contributed by atoms with E-state index < -0.39 is 21.6 Å². The number of benzene rings is 2. The van der Waals surface area contributed by atoms with Gasteiger partial charge in [-0.15, -0.1) is 0 Å². The smallest absolute Gasteiger partial charge is 0.385 e. The minimum atomic E-state index is -4.70. The molecule has 4 rings (SSSR count). The quantitative estimate of drug-likeness (QED) is 0.679. The molecule has 0 atom stereocenters. The van der Waals surface area contributed by atoms with E-state index in [1.54, 1.807) is 0 Å². The predicted octanol–water partition coefficient (Wildman–Crippen LogP) is 4.35. The fraction of sp³-hybridized carbons (Fsp3) is 0.300. The fourth-order valence-corrected chi connectivity index (χ4v) is 5.30. The molecule has 3 N–H and O–H groups in total. The summed E-state index contributed by atoms with van der Waals surface area (Å²) in [5, 5.41) is 2.52. The Bertz CT molecular complexity index is 1190. The van der Waals surface area contributed by atoms with E-state index in [1.165, 1.54) is 30.3 Å². The summed E-state index contributed by atoms with van der Waals surface area (Å²) < 4.78 is 66.3. The van der Waals surface area contributed by atoms with Gasteiger partial charge in [0, 0.05) is 11.3 Å². The molecule has 2 aliphatic rings. The monoisotopic (exact) mass is 470 g/mol. The van der Waals surface area contributed by atoms with Crippen molar-refractivity contribution in [2.45, 2.75) is 23.9 Å². The molecule has 11 heteroatoms. The maximum Gasteiger partial charge on any atom is 0.417 e. The Morgan fingerprint density at radius 3 is 2.39 bits per heavy atom. The lowest BCUT2D eigenvalue weighted by atomic mass is 9.98. The number of alkyl halides is 3. The highest BCUT2D eigenvalue weighted by molar-refractivity contribution is 7.91. The van der Waals surface area contributed by atoms with Gasteiger partial charge < -0.3 is 11.1 Å². The average molecular weight is 471 g/mol. The molecule has 2 aromatic rings. The topological polar surface area (TPSA) is 96.9 Å². The van der Waals surface area contributed by atoms with Gasteiger partial charge in [0.15, 0.2) is 9.84 Å². The van der Waals surface area contributed by atoms with Crippen molar-refractivity contribution in [2.24, 2.45) is 21.6 Å². The highest BCUT2D eigenvalue weighted by atomic mass is 35.5. The molecule has 0 amide bonds. The molecule has 1 fully saturated rings. The number of aliphatic imine (C=N–C) groups is 2. The maximum atomic E-state index is 13.8. The number of halogens is 4. The molecule has 0 radical (unpaired) electrons. The average Bonchev–Trinajstić information content (AvgIpc) is 3.39. The summed E-state index contributed by atoms with van der Waals surface area (Å²) in [5.74, 6) is 0.566. The highest BCUT2D eigenvalue weighted by Crippen LogP contribution is 2.43. The minimum Gasteiger partial charge on any atom is -0.385 e. The molecule has 1 saturated carbocycles. The van der Waals surface area contributed by atoms with Crippen LogP contribution in [0.1, 0.15) is 18.4 Å². The van der Waals surface area contributed by atoms with Crippen LogP contribution in [0.15, 0.2) is 51.3 Å². The molecule has 31 heavy (non-hydrogen) atoms. The fourth-order valence-electron chi connectivity index (χ4n) is 3.27. The lowest BCUT2D eigenvalue weighted by Crippen LogP contribution is -2.14. The van der Waals surface area contributed by atoms with E-state index in [2.05, 4.69) is 15.3 Å². The third kappa shape index (κ3) is 4.85. The molecule has 0 aromatic heterocycles. The molecule has 6 nitrogen and oxygen atoms in total. The molecule has 0 bridgehead atoms. The summed E-state index contributed by atoms with van der Waals surface area (Å²) in [6.45, 7) is 0.163. The lowest BCUT2D eigenvalue weighted by Gasteiger charge is -2.17. The third-order valence-electron chi connectivity index (χ3n) is 4.95. The van der Waals surface area contributed by atoms with Gasteiger partial charge in [-0.2, -0.15) is 18.2 Å². The van der Waals surface area contributed by atoms with Crippen LogP contribution in [0.2, 0.25) is 5.02 Å². The molecule has 1 heterocycles. The summed E-state index contributed by atoms with van der Waals surface area (Å²) >= 11 is 6.24.